The number of halogens is 4. The molecule has 1 atom stereocenters. The summed E-state index contributed by atoms with van der Waals surface area (Å²) < 4.78 is 14.8. The first-order valence-electron chi connectivity index (χ1n) is 10.7. The summed E-state index contributed by atoms with van der Waals surface area (Å²) in [7, 11) is 0. The second kappa shape index (κ2) is 10.1. The van der Waals surface area contributed by atoms with Gasteiger partial charge in [0.25, 0.3) is 0 Å². The minimum Gasteiger partial charge on any atom is -0.373 e. The molecule has 11 heteroatoms. The SMILES string of the molecule is N#Cc1cnc2c(Cl)cc(NC(C3=CNNN3)c3ccccc3)cc2c1Nc1ccc(Cl)c(Cl)c1F. The number of anilines is 3. The summed E-state index contributed by atoms with van der Waals surface area (Å²) in [6, 6.07) is 18.1. The Morgan fingerprint density at radius 3 is 2.56 bits per heavy atom. The van der Waals surface area contributed by atoms with Gasteiger partial charge >= 0.3 is 0 Å². The number of nitrogens with one attached hydrogen (secondary N) is 5. The van der Waals surface area contributed by atoms with Crippen LogP contribution in [0.3, 0.4) is 0 Å². The molecular formula is C25H17Cl3FN7. The van der Waals surface area contributed by atoms with Crippen LogP contribution < -0.4 is 27.0 Å². The fourth-order valence-corrected chi connectivity index (χ4v) is 4.46. The highest BCUT2D eigenvalue weighted by Gasteiger charge is 2.21. The molecule has 0 bridgehead atoms. The number of hydrogen-bond donors (Lipinski definition) is 5. The van der Waals surface area contributed by atoms with E-state index in [1.54, 1.807) is 12.1 Å². The molecule has 4 aromatic rings. The smallest absolute Gasteiger partial charge is 0.166 e. The highest BCUT2D eigenvalue weighted by molar-refractivity contribution is 6.42. The lowest BCUT2D eigenvalue weighted by Crippen LogP contribution is -2.33. The van der Waals surface area contributed by atoms with Crippen LogP contribution in [-0.2, 0) is 0 Å². The molecule has 180 valence electrons. The monoisotopic (exact) mass is 539 g/mol. The minimum atomic E-state index is -0.734. The Hall–Kier alpha value is -3.74. The normalized spacial score (nSPS) is 13.4. The molecule has 1 unspecified atom stereocenters. The molecule has 5 rings (SSSR count). The lowest BCUT2D eigenvalue weighted by Gasteiger charge is -2.22. The van der Waals surface area contributed by atoms with Crippen LogP contribution in [0.25, 0.3) is 10.9 Å². The lowest BCUT2D eigenvalue weighted by atomic mass is 10.0. The van der Waals surface area contributed by atoms with Crippen molar-refractivity contribution in [3.8, 4) is 6.07 Å². The van der Waals surface area contributed by atoms with Crippen molar-refractivity contribution < 1.29 is 4.39 Å². The van der Waals surface area contributed by atoms with Crippen LogP contribution in [0, 0.1) is 17.1 Å². The number of fused-ring (bicyclic) bond motifs is 1. The summed E-state index contributed by atoms with van der Waals surface area (Å²) >= 11 is 18.5. The van der Waals surface area contributed by atoms with Crippen molar-refractivity contribution in [2.75, 3.05) is 10.6 Å². The molecular weight excluding hydrogens is 524 g/mol. The number of pyridine rings is 1. The molecule has 2 heterocycles. The van der Waals surface area contributed by atoms with Crippen molar-refractivity contribution in [1.82, 2.24) is 21.4 Å². The predicted octanol–water partition coefficient (Wildman–Crippen LogP) is 6.56. The summed E-state index contributed by atoms with van der Waals surface area (Å²) in [5.74, 6) is -0.734. The van der Waals surface area contributed by atoms with Crippen LogP contribution in [0.15, 0.2) is 72.7 Å². The summed E-state index contributed by atoms with van der Waals surface area (Å²) in [5, 5.41) is 17.0. The maximum absolute atomic E-state index is 14.8. The molecule has 0 spiro atoms. The van der Waals surface area contributed by atoms with Gasteiger partial charge in [0.2, 0.25) is 0 Å². The van der Waals surface area contributed by atoms with E-state index in [0.29, 0.717) is 27.3 Å². The summed E-state index contributed by atoms with van der Waals surface area (Å²) in [6.45, 7) is 0. The largest absolute Gasteiger partial charge is 0.373 e. The fraction of sp³-hybridized carbons (Fsp3) is 0.0400. The van der Waals surface area contributed by atoms with Gasteiger partial charge in [-0.25, -0.2) is 4.39 Å². The lowest BCUT2D eigenvalue weighted by molar-refractivity contribution is 0.583. The number of aromatic nitrogens is 1. The number of nitrogens with zero attached hydrogens (tertiary/aromatic N) is 2. The Morgan fingerprint density at radius 1 is 1.03 bits per heavy atom. The molecule has 5 N–H and O–H groups in total. The van der Waals surface area contributed by atoms with Crippen LogP contribution in [0.2, 0.25) is 15.1 Å². The molecule has 0 saturated heterocycles. The molecule has 0 aliphatic carbocycles. The van der Waals surface area contributed by atoms with E-state index in [1.165, 1.54) is 18.3 Å². The quantitative estimate of drug-likeness (QED) is 0.177. The molecule has 0 radical (unpaired) electrons. The molecule has 1 aliphatic heterocycles. The van der Waals surface area contributed by atoms with Gasteiger partial charge in [-0.15, -0.1) is 0 Å². The van der Waals surface area contributed by atoms with Crippen molar-refractivity contribution >= 4 is 62.8 Å². The first-order valence-corrected chi connectivity index (χ1v) is 11.8. The second-order valence-corrected chi connectivity index (χ2v) is 9.04. The average molecular weight is 541 g/mol. The molecule has 7 nitrogen and oxygen atoms in total. The van der Waals surface area contributed by atoms with Gasteiger partial charge in [0, 0.05) is 23.5 Å². The third-order valence-electron chi connectivity index (χ3n) is 5.60. The highest BCUT2D eigenvalue weighted by atomic mass is 35.5. The zero-order valence-corrected chi connectivity index (χ0v) is 20.6. The van der Waals surface area contributed by atoms with Gasteiger partial charge in [0.15, 0.2) is 5.82 Å². The number of benzene rings is 3. The van der Waals surface area contributed by atoms with E-state index in [1.807, 2.05) is 36.5 Å². The Bertz CT molecular complexity index is 1540. The maximum atomic E-state index is 14.8. The van der Waals surface area contributed by atoms with Crippen LogP contribution in [0.5, 0.6) is 0 Å². The van der Waals surface area contributed by atoms with E-state index in [2.05, 4.69) is 38.1 Å². The standard InChI is InChI=1S/C25H17Cl3FN7/c26-17-6-7-19(22(29)21(17)28)34-23-14(10-30)11-31-25-16(23)8-15(9-18(25)27)33-24(20-12-32-36-35-20)13-4-2-1-3-5-13/h1-9,11-12,24,32-33,35-36H,(H,31,34). The fourth-order valence-electron chi connectivity index (χ4n) is 3.89. The topological polar surface area (TPSA) is 96.8 Å². The van der Waals surface area contributed by atoms with Crippen molar-refractivity contribution in [2.45, 2.75) is 6.04 Å². The van der Waals surface area contributed by atoms with Crippen LogP contribution >= 0.6 is 34.8 Å². The van der Waals surface area contributed by atoms with E-state index in [0.717, 1.165) is 11.3 Å². The molecule has 36 heavy (non-hydrogen) atoms. The average Bonchev–Trinajstić information content (AvgIpc) is 3.43. The Balaban J connectivity index is 1.62. The van der Waals surface area contributed by atoms with E-state index in [4.69, 9.17) is 34.8 Å². The van der Waals surface area contributed by atoms with E-state index in [9.17, 15) is 9.65 Å². The van der Waals surface area contributed by atoms with Gasteiger partial charge in [0.1, 0.15) is 6.07 Å². The second-order valence-electron chi connectivity index (χ2n) is 7.84. The zero-order valence-electron chi connectivity index (χ0n) is 18.3. The Morgan fingerprint density at radius 2 is 1.83 bits per heavy atom. The Labute approximate surface area is 220 Å². The summed E-state index contributed by atoms with van der Waals surface area (Å²) in [4.78, 5) is 4.36. The van der Waals surface area contributed by atoms with Crippen LogP contribution in [0.1, 0.15) is 17.2 Å². The maximum Gasteiger partial charge on any atom is 0.166 e. The van der Waals surface area contributed by atoms with Crippen molar-refractivity contribution in [3.05, 3.63) is 105 Å². The first-order chi connectivity index (χ1) is 17.5. The third kappa shape index (κ3) is 4.57. The molecule has 0 amide bonds. The van der Waals surface area contributed by atoms with E-state index in [-0.39, 0.29) is 27.3 Å². The molecule has 3 aromatic carbocycles. The number of hydrogen-bond acceptors (Lipinski definition) is 7. The number of nitriles is 1. The van der Waals surface area contributed by atoms with Crippen molar-refractivity contribution in [1.29, 1.82) is 5.26 Å². The summed E-state index contributed by atoms with van der Waals surface area (Å²) in [6.07, 6.45) is 3.19. The van der Waals surface area contributed by atoms with E-state index < -0.39 is 5.82 Å². The van der Waals surface area contributed by atoms with Crippen molar-refractivity contribution in [3.63, 3.8) is 0 Å². The van der Waals surface area contributed by atoms with Crippen LogP contribution in [0.4, 0.5) is 21.5 Å². The van der Waals surface area contributed by atoms with E-state index >= 15 is 0 Å². The zero-order chi connectivity index (χ0) is 25.2. The number of rotatable bonds is 6. The van der Waals surface area contributed by atoms with Gasteiger partial charge < -0.3 is 21.5 Å². The highest BCUT2D eigenvalue weighted by Crippen LogP contribution is 2.38. The number of hydrazine groups is 2. The van der Waals surface area contributed by atoms with Gasteiger partial charge in [-0.3, -0.25) is 4.98 Å². The molecule has 1 aromatic heterocycles. The summed E-state index contributed by atoms with van der Waals surface area (Å²) in [5.41, 5.74) is 12.4. The van der Waals surface area contributed by atoms with Gasteiger partial charge in [-0.05, 0) is 29.8 Å². The van der Waals surface area contributed by atoms with Gasteiger partial charge in [-0.2, -0.15) is 10.8 Å². The third-order valence-corrected chi connectivity index (χ3v) is 6.67. The van der Waals surface area contributed by atoms with Crippen LogP contribution in [-0.4, -0.2) is 4.98 Å². The van der Waals surface area contributed by atoms with Crippen molar-refractivity contribution in [2.24, 2.45) is 0 Å². The molecule has 0 fully saturated rings. The predicted molar refractivity (Wildman–Crippen MR) is 141 cm³/mol. The minimum absolute atomic E-state index is 0.0579. The van der Waals surface area contributed by atoms with Gasteiger partial charge in [-0.1, -0.05) is 65.1 Å². The molecule has 1 aliphatic rings. The molecule has 0 saturated carbocycles. The first kappa shape index (κ1) is 24.0. The Kier molecular flexibility index (Phi) is 6.72. The van der Waals surface area contributed by atoms with Gasteiger partial charge in [0.05, 0.1) is 49.3 Å².